The topological polar surface area (TPSA) is 37.3 Å². The average molecular weight is 253 g/mol. The van der Waals surface area contributed by atoms with Crippen molar-refractivity contribution in [2.45, 2.75) is 0 Å². The molecule has 0 amide bonds. The summed E-state index contributed by atoms with van der Waals surface area (Å²) in [6.45, 7) is 3.46. The van der Waals surface area contributed by atoms with Gasteiger partial charge in [0.05, 0.1) is 5.57 Å². The number of aliphatic carboxylic acids is 1. The molecule has 1 N–H and O–H groups in total. The Bertz CT molecular complexity index is 380. The zero-order chi connectivity index (χ0) is 10.6. The predicted molar refractivity (Wildman–Crippen MR) is 60.1 cm³/mol. The Balaban J connectivity index is 3.21. The van der Waals surface area contributed by atoms with E-state index in [1.807, 2.05) is 30.3 Å². The average Bonchev–Trinajstić information content (AvgIpc) is 2.19. The van der Waals surface area contributed by atoms with E-state index in [2.05, 4.69) is 22.5 Å². The molecule has 1 rings (SSSR count). The minimum absolute atomic E-state index is 0.163. The molecule has 3 heteroatoms. The minimum atomic E-state index is -0.990. The molecule has 0 heterocycles. The fourth-order valence-electron chi connectivity index (χ4n) is 1.01. The lowest BCUT2D eigenvalue weighted by atomic mass is 10.1. The molecule has 0 radical (unpaired) electrons. The van der Waals surface area contributed by atoms with Gasteiger partial charge in [-0.25, -0.2) is 4.79 Å². The highest BCUT2D eigenvalue weighted by molar-refractivity contribution is 9.15. The summed E-state index contributed by atoms with van der Waals surface area (Å²) in [5.74, 6) is -0.990. The molecule has 0 fully saturated rings. The summed E-state index contributed by atoms with van der Waals surface area (Å²) in [4.78, 5) is 10.8. The van der Waals surface area contributed by atoms with Crippen molar-refractivity contribution in [2.75, 3.05) is 0 Å². The zero-order valence-corrected chi connectivity index (χ0v) is 8.99. The van der Waals surface area contributed by atoms with Gasteiger partial charge in [0, 0.05) is 4.48 Å². The van der Waals surface area contributed by atoms with Crippen molar-refractivity contribution in [1.29, 1.82) is 0 Å². The van der Waals surface area contributed by atoms with E-state index in [9.17, 15) is 4.79 Å². The van der Waals surface area contributed by atoms with Gasteiger partial charge in [0.1, 0.15) is 0 Å². The third-order valence-corrected chi connectivity index (χ3v) is 2.58. The molecule has 14 heavy (non-hydrogen) atoms. The Morgan fingerprint density at radius 2 is 1.93 bits per heavy atom. The highest BCUT2D eigenvalue weighted by atomic mass is 79.9. The van der Waals surface area contributed by atoms with Gasteiger partial charge in [0.2, 0.25) is 0 Å². The summed E-state index contributed by atoms with van der Waals surface area (Å²) < 4.78 is 0.542. The van der Waals surface area contributed by atoms with E-state index in [0.717, 1.165) is 5.56 Å². The van der Waals surface area contributed by atoms with Crippen LogP contribution in [0.15, 0.2) is 48.6 Å². The second kappa shape index (κ2) is 4.77. The molecule has 0 saturated heterocycles. The maximum absolute atomic E-state index is 10.8. The van der Waals surface area contributed by atoms with E-state index in [-0.39, 0.29) is 5.57 Å². The highest BCUT2D eigenvalue weighted by Crippen LogP contribution is 2.25. The molecule has 0 aliphatic carbocycles. The second-order valence-electron chi connectivity index (χ2n) is 2.60. The first-order valence-corrected chi connectivity index (χ1v) is 4.77. The third-order valence-electron chi connectivity index (χ3n) is 1.70. The molecule has 1 aromatic carbocycles. The third kappa shape index (κ3) is 2.33. The van der Waals surface area contributed by atoms with Crippen LogP contribution < -0.4 is 0 Å². The first-order valence-electron chi connectivity index (χ1n) is 3.97. The fraction of sp³-hybridized carbons (Fsp3) is 0. The van der Waals surface area contributed by atoms with Crippen molar-refractivity contribution in [2.24, 2.45) is 0 Å². The summed E-state index contributed by atoms with van der Waals surface area (Å²) in [5, 5.41) is 8.85. The summed E-state index contributed by atoms with van der Waals surface area (Å²) in [6, 6.07) is 9.23. The Hall–Kier alpha value is -1.35. The van der Waals surface area contributed by atoms with Crippen LogP contribution in [0.5, 0.6) is 0 Å². The number of benzene rings is 1. The first-order chi connectivity index (χ1) is 6.66. The van der Waals surface area contributed by atoms with Crippen LogP contribution in [0.3, 0.4) is 0 Å². The molecule has 1 aromatic rings. The number of hydrogen-bond donors (Lipinski definition) is 1. The quantitative estimate of drug-likeness (QED) is 0.664. The van der Waals surface area contributed by atoms with Crippen molar-refractivity contribution in [3.05, 3.63) is 54.1 Å². The fourth-order valence-corrected chi connectivity index (χ4v) is 1.61. The summed E-state index contributed by atoms with van der Waals surface area (Å²) in [7, 11) is 0. The van der Waals surface area contributed by atoms with Gasteiger partial charge in [-0.3, -0.25) is 0 Å². The maximum atomic E-state index is 10.8. The van der Waals surface area contributed by atoms with Gasteiger partial charge in [-0.2, -0.15) is 0 Å². The zero-order valence-electron chi connectivity index (χ0n) is 7.40. The van der Waals surface area contributed by atoms with Crippen LogP contribution >= 0.6 is 15.9 Å². The number of carbonyl (C=O) groups is 1. The molecule has 0 aliphatic rings. The van der Waals surface area contributed by atoms with Gasteiger partial charge in [-0.05, 0) is 21.5 Å². The monoisotopic (exact) mass is 252 g/mol. The molecule has 0 bridgehead atoms. The van der Waals surface area contributed by atoms with Gasteiger partial charge in [-0.1, -0.05) is 43.0 Å². The lowest BCUT2D eigenvalue weighted by Crippen LogP contribution is -1.98. The summed E-state index contributed by atoms with van der Waals surface area (Å²) >= 11 is 3.24. The van der Waals surface area contributed by atoms with Crippen molar-refractivity contribution < 1.29 is 9.90 Å². The second-order valence-corrected chi connectivity index (χ2v) is 3.40. The van der Waals surface area contributed by atoms with Crippen LogP contribution in [0.2, 0.25) is 0 Å². The maximum Gasteiger partial charge on any atom is 0.336 e. The van der Waals surface area contributed by atoms with Crippen molar-refractivity contribution >= 4 is 26.4 Å². The van der Waals surface area contributed by atoms with Gasteiger partial charge in [0.25, 0.3) is 0 Å². The highest BCUT2D eigenvalue weighted by Gasteiger charge is 2.09. The number of rotatable bonds is 3. The van der Waals surface area contributed by atoms with Gasteiger partial charge in [0.15, 0.2) is 0 Å². The van der Waals surface area contributed by atoms with E-state index in [1.165, 1.54) is 6.08 Å². The van der Waals surface area contributed by atoms with E-state index < -0.39 is 5.97 Å². The van der Waals surface area contributed by atoms with Crippen LogP contribution in [0.1, 0.15) is 5.56 Å². The molecule has 0 spiro atoms. The molecule has 0 unspecified atom stereocenters. The van der Waals surface area contributed by atoms with Crippen molar-refractivity contribution in [3.8, 4) is 0 Å². The van der Waals surface area contributed by atoms with Gasteiger partial charge < -0.3 is 5.11 Å². The van der Waals surface area contributed by atoms with Crippen molar-refractivity contribution in [1.82, 2.24) is 0 Å². The molecule has 72 valence electrons. The van der Waals surface area contributed by atoms with E-state index >= 15 is 0 Å². The summed E-state index contributed by atoms with van der Waals surface area (Å²) in [5.41, 5.74) is 0.987. The largest absolute Gasteiger partial charge is 0.478 e. The molecule has 2 nitrogen and oxygen atoms in total. The molecule has 0 aromatic heterocycles. The van der Waals surface area contributed by atoms with E-state index in [0.29, 0.717) is 4.48 Å². The number of carboxylic acids is 1. The van der Waals surface area contributed by atoms with Gasteiger partial charge >= 0.3 is 5.97 Å². The minimum Gasteiger partial charge on any atom is -0.478 e. The van der Waals surface area contributed by atoms with Gasteiger partial charge in [-0.15, -0.1) is 0 Å². The Morgan fingerprint density at radius 3 is 2.36 bits per heavy atom. The lowest BCUT2D eigenvalue weighted by molar-refractivity contribution is -0.132. The van der Waals surface area contributed by atoms with Crippen LogP contribution in [0.25, 0.3) is 4.48 Å². The van der Waals surface area contributed by atoms with Crippen LogP contribution in [-0.2, 0) is 4.79 Å². The predicted octanol–water partition coefficient (Wildman–Crippen LogP) is 3.06. The van der Waals surface area contributed by atoms with Crippen molar-refractivity contribution in [3.63, 3.8) is 0 Å². The standard InChI is InChI=1S/C11H9BrO2/c1-2-9(11(13)14)10(12)8-6-4-3-5-7-8/h2-7H,1H2,(H,13,14)/b10-9-. The van der Waals surface area contributed by atoms with E-state index in [4.69, 9.17) is 5.11 Å². The summed E-state index contributed by atoms with van der Waals surface area (Å²) in [6.07, 6.45) is 1.32. The molecule has 0 aliphatic heterocycles. The number of halogens is 1. The molecular formula is C11H9BrO2. The molecule has 0 saturated carbocycles. The van der Waals surface area contributed by atoms with Crippen LogP contribution in [0, 0.1) is 0 Å². The lowest BCUT2D eigenvalue weighted by Gasteiger charge is -2.02. The normalized spacial score (nSPS) is 11.8. The molecule has 0 atom stereocenters. The Kier molecular flexibility index (Phi) is 3.65. The van der Waals surface area contributed by atoms with Crippen LogP contribution in [0.4, 0.5) is 0 Å². The Morgan fingerprint density at radius 1 is 1.36 bits per heavy atom. The number of carboxylic acid groups (broad SMARTS) is 1. The smallest absolute Gasteiger partial charge is 0.336 e. The van der Waals surface area contributed by atoms with Crippen LogP contribution in [-0.4, -0.2) is 11.1 Å². The molecular weight excluding hydrogens is 244 g/mol. The first kappa shape index (κ1) is 10.7. The number of hydrogen-bond acceptors (Lipinski definition) is 1. The Labute approximate surface area is 90.7 Å². The SMILES string of the molecule is C=C/C(C(=O)O)=C(/Br)c1ccccc1. The van der Waals surface area contributed by atoms with E-state index in [1.54, 1.807) is 0 Å².